The Hall–Kier alpha value is -8.95. The Morgan fingerprint density at radius 2 is 1.52 bits per heavy atom. The number of hydrogen-bond acceptors (Lipinski definition) is 14. The van der Waals surface area contributed by atoms with Crippen molar-refractivity contribution in [3.05, 3.63) is 151 Å². The molecule has 1 aliphatic carbocycles. The average molecular weight is 1330 g/mol. The zero-order chi connectivity index (χ0) is 69.3. The lowest BCUT2D eigenvalue weighted by atomic mass is 9.85. The van der Waals surface area contributed by atoms with Gasteiger partial charge in [0.15, 0.2) is 0 Å². The normalized spacial score (nSPS) is 16.4. The summed E-state index contributed by atoms with van der Waals surface area (Å²) in [5.74, 6) is -2.18. The van der Waals surface area contributed by atoms with E-state index in [1.54, 1.807) is 55.7 Å². The van der Waals surface area contributed by atoms with Crippen molar-refractivity contribution in [3.63, 3.8) is 0 Å². The Morgan fingerprint density at radius 3 is 2.23 bits per heavy atom. The van der Waals surface area contributed by atoms with Gasteiger partial charge in [-0.15, -0.1) is 0 Å². The van der Waals surface area contributed by atoms with E-state index >= 15 is 0 Å². The molecular weight excluding hydrogens is 1230 g/mol. The van der Waals surface area contributed by atoms with E-state index in [9.17, 15) is 38.4 Å². The number of amides is 5. The molecule has 5 amide bonds. The minimum Gasteiger partial charge on any atom is -0.543 e. The minimum atomic E-state index is -2.15. The van der Waals surface area contributed by atoms with Crippen molar-refractivity contribution < 1.29 is 56.9 Å². The Kier molecular flexibility index (Phi) is 20.4. The average Bonchev–Trinajstić information content (AvgIpc) is 1.45. The van der Waals surface area contributed by atoms with E-state index in [4.69, 9.17) is 28.4 Å². The molecule has 0 radical (unpaired) electrons. The van der Waals surface area contributed by atoms with Crippen molar-refractivity contribution in [1.29, 1.82) is 0 Å². The van der Waals surface area contributed by atoms with Gasteiger partial charge in [0, 0.05) is 53.6 Å². The second kappa shape index (κ2) is 28.0. The lowest BCUT2D eigenvalue weighted by molar-refractivity contribution is -0.175. The number of rotatable bonds is 24. The number of esters is 1. The van der Waals surface area contributed by atoms with Crippen LogP contribution in [0.3, 0.4) is 0 Å². The molecule has 0 saturated carbocycles. The van der Waals surface area contributed by atoms with Crippen LogP contribution in [-0.2, 0) is 86.0 Å². The fraction of sp³-hybridized carbons (Fsp3) is 0.453. The van der Waals surface area contributed by atoms with Crippen LogP contribution >= 0.6 is 0 Å². The molecule has 0 fully saturated rings. The number of nitrogens with zero attached hydrogens (tertiary/aromatic N) is 3. The van der Waals surface area contributed by atoms with Crippen molar-refractivity contribution in [2.24, 2.45) is 11.8 Å². The molecule has 6 aromatic rings. The number of cyclic esters (lactones) is 1. The number of benzene rings is 4. The van der Waals surface area contributed by atoms with Gasteiger partial charge < -0.3 is 54.1 Å². The second-order valence-electron chi connectivity index (χ2n) is 28.6. The standard InChI is InChI=1S/C75H91N7O13Si/c1-15-51-56-34-50(95-96(13,14)73(8,9)10)28-29-60(56)78-67-57(51)38-82-62(67)36-59-58(70(82)88)41-92-71(89)75(59,16-2)94-72(90)93-40-47-23-26-49(27-24-47)77-68(86)46(7)76-69(87)66(43(3)4)79-63(83)30-22-45(6)39-91-42-74(11,12)80-64(84)31-32-65(85)81-37-48-25-21-44(5)33-53(48)55-35-54(55)52-19-17-18-20-61(52)81/h17-21,23-29,33-34,36,43,45-46,66H,15-16,22,30-32,35,37-42H2,1-14H3,(H,76,87)(H,77,86)(H,79,83)(H,80,84)/t45?,46?,66-,75-/m0/s1. The van der Waals surface area contributed by atoms with Crippen molar-refractivity contribution in [2.45, 2.75) is 196 Å². The van der Waals surface area contributed by atoms with E-state index in [-0.39, 0.29) is 103 Å². The molecule has 0 saturated heterocycles. The molecular formula is C75H91N7O13Si. The molecule has 3 aliphatic heterocycles. The number of carbonyl (C=O) groups is 7. The van der Waals surface area contributed by atoms with E-state index in [1.165, 1.54) is 29.2 Å². The highest BCUT2D eigenvalue weighted by Crippen LogP contribution is 2.52. The molecule has 96 heavy (non-hydrogen) atoms. The van der Waals surface area contributed by atoms with Crippen LogP contribution in [-0.4, -0.2) is 90.4 Å². The molecule has 0 bridgehead atoms. The molecule has 21 heteroatoms. The Balaban J connectivity index is 0.659. The van der Waals surface area contributed by atoms with Crippen LogP contribution in [0, 0.1) is 18.8 Å². The van der Waals surface area contributed by atoms with Gasteiger partial charge in [-0.05, 0) is 159 Å². The molecule has 4 atom stereocenters. The van der Waals surface area contributed by atoms with Crippen LogP contribution in [0.2, 0.25) is 18.1 Å². The molecule has 20 nitrogen and oxygen atoms in total. The van der Waals surface area contributed by atoms with Gasteiger partial charge in [-0.2, -0.15) is 0 Å². The van der Waals surface area contributed by atoms with Gasteiger partial charge in [0.1, 0.15) is 31.0 Å². The van der Waals surface area contributed by atoms with Crippen molar-refractivity contribution >= 4 is 83.4 Å². The van der Waals surface area contributed by atoms with Gasteiger partial charge in [0.25, 0.3) is 5.56 Å². The fourth-order valence-corrected chi connectivity index (χ4v) is 13.6. The van der Waals surface area contributed by atoms with Crippen LogP contribution in [0.25, 0.3) is 33.4 Å². The molecule has 2 unspecified atom stereocenters. The quantitative estimate of drug-likeness (QED) is 0.0324. The van der Waals surface area contributed by atoms with Gasteiger partial charge >= 0.3 is 12.1 Å². The number of ether oxygens (including phenoxy) is 4. The zero-order valence-electron chi connectivity index (χ0n) is 57.8. The summed E-state index contributed by atoms with van der Waals surface area (Å²) >= 11 is 0. The first-order chi connectivity index (χ1) is 45.4. The third kappa shape index (κ3) is 15.0. The van der Waals surface area contributed by atoms with Crippen LogP contribution < -0.4 is 36.2 Å². The monoisotopic (exact) mass is 1330 g/mol. The number of pyridine rings is 2. The first-order valence-electron chi connectivity index (χ1n) is 33.5. The molecule has 5 heterocycles. The third-order valence-electron chi connectivity index (χ3n) is 19.2. The Morgan fingerprint density at radius 1 is 0.792 bits per heavy atom. The SMILES string of the molecule is CCc1c2c(nc3ccc(O[Si](C)(C)C(C)(C)C)cc13)-c1cc3c(c(=O)n1C2)COC(=O)[C@@]3(CC)OC(=O)OCc1ccc(NC(=O)C(C)NC(=O)[C@@H](NC(=O)CCC(C)COCC(C)(C)NC(=O)CCC(=O)N2Cc3ccc(C)cc3C3=C(C3)c3ccccc32)C(C)C)cc1. The maximum atomic E-state index is 14.4. The largest absolute Gasteiger partial charge is 0.543 e. The van der Waals surface area contributed by atoms with E-state index in [2.05, 4.69) is 93.2 Å². The number of aryl methyl sites for hydroxylation is 2. The lowest BCUT2D eigenvalue weighted by Crippen LogP contribution is -2.53. The summed E-state index contributed by atoms with van der Waals surface area (Å²) in [6, 6.07) is 26.5. The number of aromatic nitrogens is 2. The molecule has 4 aliphatic rings. The number of anilines is 2. The molecule has 0 spiro atoms. The molecule has 2 aromatic heterocycles. The summed E-state index contributed by atoms with van der Waals surface area (Å²) in [6.07, 6.45) is 0.964. The van der Waals surface area contributed by atoms with E-state index in [1.807, 2.05) is 62.1 Å². The molecule has 10 rings (SSSR count). The first kappa shape index (κ1) is 69.9. The van der Waals surface area contributed by atoms with Crippen LogP contribution in [0.15, 0.2) is 95.8 Å². The predicted octanol–water partition coefficient (Wildman–Crippen LogP) is 12.2. The number of allylic oxidation sites excluding steroid dienone is 2. The van der Waals surface area contributed by atoms with Gasteiger partial charge in [0.05, 0.1) is 53.4 Å². The first-order valence-corrected chi connectivity index (χ1v) is 36.4. The maximum Gasteiger partial charge on any atom is 0.510 e. The van der Waals surface area contributed by atoms with Crippen molar-refractivity contribution in [2.75, 3.05) is 23.4 Å². The minimum absolute atomic E-state index is 0.00314. The summed E-state index contributed by atoms with van der Waals surface area (Å²) in [6.45, 7) is 28.2. The van der Waals surface area contributed by atoms with Crippen molar-refractivity contribution in [1.82, 2.24) is 25.5 Å². The summed E-state index contributed by atoms with van der Waals surface area (Å²) in [4.78, 5) is 116. The number of nitrogens with one attached hydrogen (secondary N) is 4. The van der Waals surface area contributed by atoms with E-state index in [0.29, 0.717) is 48.6 Å². The van der Waals surface area contributed by atoms with E-state index in [0.717, 1.165) is 51.0 Å². The highest BCUT2D eigenvalue weighted by atomic mass is 28.4. The zero-order valence-corrected chi connectivity index (χ0v) is 58.8. The summed E-state index contributed by atoms with van der Waals surface area (Å²) < 4.78 is 31.4. The smallest absolute Gasteiger partial charge is 0.510 e. The number of para-hydroxylation sites is 1. The molecule has 4 aromatic carbocycles. The molecule has 4 N–H and O–H groups in total. The van der Waals surface area contributed by atoms with Gasteiger partial charge in [0.2, 0.25) is 43.5 Å². The highest BCUT2D eigenvalue weighted by Gasteiger charge is 2.51. The number of fused-ring (bicyclic) bond motifs is 9. The van der Waals surface area contributed by atoms with Crippen LogP contribution in [0.1, 0.15) is 165 Å². The topological polar surface area (TPSA) is 252 Å². The highest BCUT2D eigenvalue weighted by molar-refractivity contribution is 6.74. The number of carbonyl (C=O) groups excluding carboxylic acids is 7. The number of hydrogen-bond donors (Lipinski definition) is 4. The Labute approximate surface area is 562 Å². The summed E-state index contributed by atoms with van der Waals surface area (Å²) in [5.41, 5.74) is 9.94. The second-order valence-corrected chi connectivity index (χ2v) is 33.3. The van der Waals surface area contributed by atoms with Crippen LogP contribution in [0.4, 0.5) is 16.2 Å². The van der Waals surface area contributed by atoms with Gasteiger partial charge in [-0.3, -0.25) is 28.8 Å². The summed E-state index contributed by atoms with van der Waals surface area (Å²) in [5, 5.41) is 12.3. The fourth-order valence-electron chi connectivity index (χ4n) is 12.6. The summed E-state index contributed by atoms with van der Waals surface area (Å²) in [7, 11) is -2.15. The van der Waals surface area contributed by atoms with Gasteiger partial charge in [-0.1, -0.05) is 109 Å². The Bertz CT molecular complexity index is 4170. The van der Waals surface area contributed by atoms with Crippen molar-refractivity contribution in [3.8, 4) is 17.1 Å². The van der Waals surface area contributed by atoms with Gasteiger partial charge in [-0.25, -0.2) is 14.6 Å². The lowest BCUT2D eigenvalue weighted by Gasteiger charge is -2.36. The van der Waals surface area contributed by atoms with Crippen LogP contribution in [0.5, 0.6) is 5.75 Å². The third-order valence-corrected chi connectivity index (χ3v) is 23.6. The van der Waals surface area contributed by atoms with E-state index < -0.39 is 55.5 Å². The predicted molar refractivity (Wildman–Crippen MR) is 371 cm³/mol. The maximum absolute atomic E-state index is 14.4. The molecule has 508 valence electrons.